The highest BCUT2D eigenvalue weighted by atomic mass is 14.2. The molecule has 0 rings (SSSR count). The monoisotopic (exact) mass is 196 g/mol. The van der Waals surface area contributed by atoms with Crippen molar-refractivity contribution in [3.8, 4) is 0 Å². The number of allylic oxidation sites excluding steroid dienone is 1. The molecule has 0 heteroatoms. The molecule has 0 aromatic heterocycles. The molecule has 0 saturated heterocycles. The second kappa shape index (κ2) is 8.08. The van der Waals surface area contributed by atoms with Crippen molar-refractivity contribution in [3.05, 3.63) is 12.7 Å². The van der Waals surface area contributed by atoms with Gasteiger partial charge in [-0.1, -0.05) is 46.6 Å². The molecule has 14 heavy (non-hydrogen) atoms. The molecule has 0 aliphatic rings. The van der Waals surface area contributed by atoms with Gasteiger partial charge in [-0.25, -0.2) is 0 Å². The molecule has 2 atom stereocenters. The summed E-state index contributed by atoms with van der Waals surface area (Å²) in [7, 11) is 0. The van der Waals surface area contributed by atoms with E-state index in [1.54, 1.807) is 0 Å². The van der Waals surface area contributed by atoms with E-state index in [9.17, 15) is 0 Å². The van der Waals surface area contributed by atoms with Crippen LogP contribution in [0, 0.1) is 17.8 Å². The van der Waals surface area contributed by atoms with E-state index in [1.807, 2.05) is 0 Å². The van der Waals surface area contributed by atoms with Crippen molar-refractivity contribution in [2.45, 2.75) is 59.8 Å². The van der Waals surface area contributed by atoms with Crippen LogP contribution < -0.4 is 0 Å². The molecular weight excluding hydrogens is 168 g/mol. The van der Waals surface area contributed by atoms with Crippen LogP contribution in [0.3, 0.4) is 0 Å². The number of rotatable bonds is 8. The smallest absolute Gasteiger partial charge is 0.0351 e. The molecule has 0 spiro atoms. The Morgan fingerprint density at radius 3 is 2.14 bits per heavy atom. The summed E-state index contributed by atoms with van der Waals surface area (Å²) in [4.78, 5) is 0. The third-order valence-electron chi connectivity index (χ3n) is 3.31. The molecule has 84 valence electrons. The molecule has 0 aliphatic heterocycles. The normalized spacial score (nSPS) is 15.5. The Morgan fingerprint density at radius 1 is 1.07 bits per heavy atom. The fraction of sp³-hybridized carbons (Fsp3) is 0.857. The maximum atomic E-state index is 3.81. The Labute approximate surface area is 90.8 Å². The van der Waals surface area contributed by atoms with Gasteiger partial charge >= 0.3 is 0 Å². The highest BCUT2D eigenvalue weighted by Gasteiger charge is 2.15. The predicted molar refractivity (Wildman–Crippen MR) is 66.4 cm³/mol. The van der Waals surface area contributed by atoms with Crippen molar-refractivity contribution < 1.29 is 0 Å². The average Bonchev–Trinajstić information content (AvgIpc) is 2.16. The highest BCUT2D eigenvalue weighted by molar-refractivity contribution is 4.73. The largest absolute Gasteiger partial charge is 0.103 e. The van der Waals surface area contributed by atoms with Crippen molar-refractivity contribution in [1.29, 1.82) is 0 Å². The maximum absolute atomic E-state index is 3.81. The molecule has 0 aliphatic carbocycles. The van der Waals surface area contributed by atoms with Crippen molar-refractivity contribution in [2.24, 2.45) is 17.8 Å². The SMILES string of the molecule is C=CCCC(CCC(C)C)C(C)CC. The lowest BCUT2D eigenvalue weighted by Gasteiger charge is -2.23. The van der Waals surface area contributed by atoms with Gasteiger partial charge < -0.3 is 0 Å². The van der Waals surface area contributed by atoms with Gasteiger partial charge in [0.15, 0.2) is 0 Å². The summed E-state index contributed by atoms with van der Waals surface area (Å²) in [6.45, 7) is 13.2. The standard InChI is InChI=1S/C14H28/c1-6-8-9-14(13(5)7-2)11-10-12(3)4/h6,12-14H,1,7-11H2,2-5H3. The minimum absolute atomic E-state index is 0.852. The molecule has 0 aromatic carbocycles. The van der Waals surface area contributed by atoms with Crippen LogP contribution in [0.5, 0.6) is 0 Å². The van der Waals surface area contributed by atoms with Gasteiger partial charge in [0.05, 0.1) is 0 Å². The lowest BCUT2D eigenvalue weighted by molar-refractivity contribution is 0.289. The summed E-state index contributed by atoms with van der Waals surface area (Å²) < 4.78 is 0. The first kappa shape index (κ1) is 13.7. The molecule has 2 unspecified atom stereocenters. The first-order valence-electron chi connectivity index (χ1n) is 6.22. The lowest BCUT2D eigenvalue weighted by Crippen LogP contribution is -2.12. The summed E-state index contributed by atoms with van der Waals surface area (Å²) in [6, 6.07) is 0. The Hall–Kier alpha value is -0.260. The van der Waals surface area contributed by atoms with Gasteiger partial charge in [-0.3, -0.25) is 0 Å². The van der Waals surface area contributed by atoms with Crippen molar-refractivity contribution >= 4 is 0 Å². The second-order valence-corrected chi connectivity index (χ2v) is 4.98. The van der Waals surface area contributed by atoms with E-state index in [0.29, 0.717) is 0 Å². The van der Waals surface area contributed by atoms with Gasteiger partial charge in [-0.05, 0) is 37.0 Å². The van der Waals surface area contributed by atoms with Gasteiger partial charge in [-0.2, -0.15) is 0 Å². The number of hydrogen-bond acceptors (Lipinski definition) is 0. The summed E-state index contributed by atoms with van der Waals surface area (Å²) in [6.07, 6.45) is 8.69. The van der Waals surface area contributed by atoms with Crippen LogP contribution in [0.15, 0.2) is 12.7 Å². The van der Waals surface area contributed by atoms with Gasteiger partial charge in [0.25, 0.3) is 0 Å². The van der Waals surface area contributed by atoms with E-state index in [4.69, 9.17) is 0 Å². The van der Waals surface area contributed by atoms with Crippen molar-refractivity contribution in [1.82, 2.24) is 0 Å². The number of hydrogen-bond donors (Lipinski definition) is 0. The fourth-order valence-corrected chi connectivity index (χ4v) is 1.93. The molecule has 0 N–H and O–H groups in total. The van der Waals surface area contributed by atoms with E-state index in [1.165, 1.54) is 32.1 Å². The third kappa shape index (κ3) is 6.23. The maximum Gasteiger partial charge on any atom is -0.0351 e. The van der Waals surface area contributed by atoms with E-state index in [0.717, 1.165) is 17.8 Å². The highest BCUT2D eigenvalue weighted by Crippen LogP contribution is 2.26. The predicted octanol–water partition coefficient (Wildman–Crippen LogP) is 5.05. The molecule has 0 aromatic rings. The van der Waals surface area contributed by atoms with Crippen molar-refractivity contribution in [2.75, 3.05) is 0 Å². The van der Waals surface area contributed by atoms with Gasteiger partial charge in [-0.15, -0.1) is 6.58 Å². The zero-order valence-corrected chi connectivity index (χ0v) is 10.6. The molecular formula is C14H28. The summed E-state index contributed by atoms with van der Waals surface area (Å²) >= 11 is 0. The van der Waals surface area contributed by atoms with E-state index in [2.05, 4.69) is 40.3 Å². The molecule has 0 heterocycles. The van der Waals surface area contributed by atoms with Gasteiger partial charge in [0.2, 0.25) is 0 Å². The fourth-order valence-electron chi connectivity index (χ4n) is 1.93. The lowest BCUT2D eigenvalue weighted by atomic mass is 9.83. The first-order valence-corrected chi connectivity index (χ1v) is 6.22. The molecule has 0 nitrogen and oxygen atoms in total. The topological polar surface area (TPSA) is 0 Å². The third-order valence-corrected chi connectivity index (χ3v) is 3.31. The van der Waals surface area contributed by atoms with Crippen LogP contribution in [-0.2, 0) is 0 Å². The van der Waals surface area contributed by atoms with Crippen LogP contribution in [0.1, 0.15) is 59.8 Å². The molecule has 0 radical (unpaired) electrons. The molecule has 0 amide bonds. The minimum Gasteiger partial charge on any atom is -0.103 e. The molecule has 0 fully saturated rings. The Balaban J connectivity index is 3.89. The van der Waals surface area contributed by atoms with Crippen molar-refractivity contribution in [3.63, 3.8) is 0 Å². The van der Waals surface area contributed by atoms with Crippen LogP contribution in [-0.4, -0.2) is 0 Å². The van der Waals surface area contributed by atoms with Crippen LogP contribution in [0.2, 0.25) is 0 Å². The minimum atomic E-state index is 0.852. The van der Waals surface area contributed by atoms with E-state index < -0.39 is 0 Å². The van der Waals surface area contributed by atoms with Crippen LogP contribution in [0.4, 0.5) is 0 Å². The Morgan fingerprint density at radius 2 is 1.71 bits per heavy atom. The van der Waals surface area contributed by atoms with Gasteiger partial charge in [0.1, 0.15) is 0 Å². The Kier molecular flexibility index (Phi) is 7.93. The summed E-state index contributed by atoms with van der Waals surface area (Å²) in [5, 5.41) is 0. The summed E-state index contributed by atoms with van der Waals surface area (Å²) in [5.41, 5.74) is 0. The zero-order valence-electron chi connectivity index (χ0n) is 10.6. The van der Waals surface area contributed by atoms with E-state index in [-0.39, 0.29) is 0 Å². The van der Waals surface area contributed by atoms with E-state index >= 15 is 0 Å². The Bertz CT molecular complexity index is 135. The quantitative estimate of drug-likeness (QED) is 0.476. The summed E-state index contributed by atoms with van der Waals surface area (Å²) in [5.74, 6) is 2.65. The first-order chi connectivity index (χ1) is 6.61. The molecule has 0 bridgehead atoms. The zero-order chi connectivity index (χ0) is 11.0. The second-order valence-electron chi connectivity index (χ2n) is 4.98. The van der Waals surface area contributed by atoms with Gasteiger partial charge in [0, 0.05) is 0 Å². The van der Waals surface area contributed by atoms with Crippen LogP contribution in [0.25, 0.3) is 0 Å². The molecule has 0 saturated carbocycles. The van der Waals surface area contributed by atoms with Crippen LogP contribution >= 0.6 is 0 Å². The average molecular weight is 196 g/mol.